The van der Waals surface area contributed by atoms with Gasteiger partial charge in [-0.05, 0) is 51.0 Å². The predicted molar refractivity (Wildman–Crippen MR) is 130 cm³/mol. The fraction of sp³-hybridized carbons (Fsp3) is 0.320. The van der Waals surface area contributed by atoms with E-state index in [-0.39, 0.29) is 5.91 Å². The van der Waals surface area contributed by atoms with E-state index < -0.39 is 0 Å². The molecule has 5 rings (SSSR count). The molecule has 0 spiro atoms. The second kappa shape index (κ2) is 8.39. The zero-order chi connectivity index (χ0) is 22.2. The van der Waals surface area contributed by atoms with Crippen molar-refractivity contribution in [2.24, 2.45) is 0 Å². The molecule has 1 saturated heterocycles. The minimum Gasteiger partial charge on any atom is -0.346 e. The molecule has 0 bridgehead atoms. The summed E-state index contributed by atoms with van der Waals surface area (Å²) in [7, 11) is 0. The van der Waals surface area contributed by atoms with E-state index in [0.29, 0.717) is 6.54 Å². The van der Waals surface area contributed by atoms with E-state index in [0.717, 1.165) is 64.0 Å². The number of carbonyl (C=O) groups is 1. The first kappa shape index (κ1) is 20.7. The molecule has 1 aliphatic heterocycles. The van der Waals surface area contributed by atoms with Crippen LogP contribution in [0.1, 0.15) is 33.6 Å². The topological polar surface area (TPSA) is 54.3 Å². The van der Waals surface area contributed by atoms with Crippen LogP contribution in [0.2, 0.25) is 0 Å². The molecule has 0 unspecified atom stereocenters. The molecule has 6 nitrogen and oxygen atoms in total. The van der Waals surface area contributed by atoms with Gasteiger partial charge >= 0.3 is 0 Å². The predicted octanol–water partition coefficient (Wildman–Crippen LogP) is 4.76. The van der Waals surface area contributed by atoms with Gasteiger partial charge in [0, 0.05) is 31.7 Å². The van der Waals surface area contributed by atoms with Gasteiger partial charge in [-0.25, -0.2) is 4.68 Å². The molecule has 4 aromatic rings. The highest BCUT2D eigenvalue weighted by atomic mass is 32.1. The number of carbonyl (C=O) groups excluding carboxylic acids is 1. The lowest BCUT2D eigenvalue weighted by Gasteiger charge is -2.22. The largest absolute Gasteiger partial charge is 0.346 e. The van der Waals surface area contributed by atoms with Gasteiger partial charge in [-0.2, -0.15) is 10.1 Å². The van der Waals surface area contributed by atoms with Crippen molar-refractivity contribution in [3.05, 3.63) is 70.9 Å². The van der Waals surface area contributed by atoms with Gasteiger partial charge in [0.2, 0.25) is 0 Å². The number of amides is 1. The third kappa shape index (κ3) is 3.77. The number of benzene rings is 2. The van der Waals surface area contributed by atoms with Gasteiger partial charge in [0.1, 0.15) is 0 Å². The van der Waals surface area contributed by atoms with E-state index in [1.165, 1.54) is 5.56 Å². The quantitative estimate of drug-likeness (QED) is 0.456. The van der Waals surface area contributed by atoms with Crippen LogP contribution in [-0.4, -0.2) is 51.8 Å². The van der Waals surface area contributed by atoms with E-state index in [9.17, 15) is 4.79 Å². The van der Waals surface area contributed by atoms with Crippen molar-refractivity contribution in [2.45, 2.75) is 27.2 Å². The van der Waals surface area contributed by atoms with Crippen LogP contribution in [-0.2, 0) is 0 Å². The molecule has 2 aromatic carbocycles. The number of thiazole rings is 1. The van der Waals surface area contributed by atoms with E-state index in [2.05, 4.69) is 36.1 Å². The standard InChI is InChI=1S/C25H27N5OS/c1-17-9-11-20(12-10-17)30-23-22(19(3)27-30)32-25(26-23)29-14-6-13-28(15-16-29)24(31)21-8-5-4-7-18(21)2/h4-5,7-12H,6,13-16H2,1-3H3. The van der Waals surface area contributed by atoms with Gasteiger partial charge in [0.15, 0.2) is 10.8 Å². The van der Waals surface area contributed by atoms with Gasteiger partial charge in [-0.3, -0.25) is 4.79 Å². The number of aromatic nitrogens is 3. The average molecular weight is 446 g/mol. The lowest BCUT2D eigenvalue weighted by Crippen LogP contribution is -2.35. The van der Waals surface area contributed by atoms with Gasteiger partial charge < -0.3 is 9.80 Å². The minimum atomic E-state index is 0.125. The molecule has 2 aromatic heterocycles. The highest BCUT2D eigenvalue weighted by Crippen LogP contribution is 2.33. The smallest absolute Gasteiger partial charge is 0.254 e. The van der Waals surface area contributed by atoms with Crippen molar-refractivity contribution in [1.29, 1.82) is 0 Å². The molecular weight excluding hydrogens is 418 g/mol. The van der Waals surface area contributed by atoms with Gasteiger partial charge in [0.05, 0.1) is 16.1 Å². The summed E-state index contributed by atoms with van der Waals surface area (Å²) < 4.78 is 3.06. The van der Waals surface area contributed by atoms with Crippen LogP contribution < -0.4 is 4.90 Å². The summed E-state index contributed by atoms with van der Waals surface area (Å²) in [5.41, 5.74) is 5.98. The molecule has 1 fully saturated rings. The van der Waals surface area contributed by atoms with Crippen LogP contribution in [0, 0.1) is 20.8 Å². The molecule has 7 heteroatoms. The molecule has 1 aliphatic rings. The molecule has 0 aliphatic carbocycles. The molecular formula is C25H27N5OS. The van der Waals surface area contributed by atoms with Crippen LogP contribution in [0.3, 0.4) is 0 Å². The Bertz CT molecular complexity index is 1270. The van der Waals surface area contributed by atoms with Crippen LogP contribution >= 0.6 is 11.3 Å². The number of hydrogen-bond acceptors (Lipinski definition) is 5. The SMILES string of the molecule is Cc1ccc(-n2nc(C)c3sc(N4CCCN(C(=O)c5ccccc5C)CC4)nc32)cc1. The minimum absolute atomic E-state index is 0.125. The van der Waals surface area contributed by atoms with Crippen LogP contribution in [0.15, 0.2) is 48.5 Å². The number of rotatable bonds is 3. The zero-order valence-electron chi connectivity index (χ0n) is 18.7. The Morgan fingerprint density at radius 2 is 1.72 bits per heavy atom. The number of fused-ring (bicyclic) bond motifs is 1. The molecule has 0 atom stereocenters. The summed E-state index contributed by atoms with van der Waals surface area (Å²) in [5.74, 6) is 0.125. The van der Waals surface area contributed by atoms with E-state index in [4.69, 9.17) is 10.1 Å². The molecule has 1 amide bonds. The molecule has 3 heterocycles. The zero-order valence-corrected chi connectivity index (χ0v) is 19.5. The fourth-order valence-electron chi connectivity index (χ4n) is 4.22. The Hall–Kier alpha value is -3.19. The number of aryl methyl sites for hydroxylation is 3. The van der Waals surface area contributed by atoms with Crippen LogP contribution in [0.5, 0.6) is 0 Å². The first-order chi connectivity index (χ1) is 15.5. The summed E-state index contributed by atoms with van der Waals surface area (Å²) in [6.45, 7) is 9.27. The van der Waals surface area contributed by atoms with Crippen molar-refractivity contribution in [2.75, 3.05) is 31.1 Å². The first-order valence-corrected chi connectivity index (χ1v) is 11.9. The molecule has 0 saturated carbocycles. The summed E-state index contributed by atoms with van der Waals surface area (Å²) in [6, 6.07) is 16.2. The van der Waals surface area contributed by atoms with Gasteiger partial charge in [-0.15, -0.1) is 0 Å². The van der Waals surface area contributed by atoms with E-state index in [1.807, 2.05) is 47.7 Å². The molecule has 0 N–H and O–H groups in total. The van der Waals surface area contributed by atoms with Crippen LogP contribution in [0.25, 0.3) is 16.0 Å². The third-order valence-corrected chi connectivity index (χ3v) is 7.30. The van der Waals surface area contributed by atoms with Crippen LogP contribution in [0.4, 0.5) is 5.13 Å². The molecule has 32 heavy (non-hydrogen) atoms. The van der Waals surface area contributed by atoms with Gasteiger partial charge in [0.25, 0.3) is 5.91 Å². The highest BCUT2D eigenvalue weighted by Gasteiger charge is 2.24. The second-order valence-electron chi connectivity index (χ2n) is 8.43. The van der Waals surface area contributed by atoms with Crippen molar-refractivity contribution in [3.8, 4) is 5.69 Å². The molecule has 0 radical (unpaired) electrons. The Morgan fingerprint density at radius 3 is 2.50 bits per heavy atom. The Morgan fingerprint density at radius 1 is 0.938 bits per heavy atom. The maximum atomic E-state index is 13.1. The lowest BCUT2D eigenvalue weighted by molar-refractivity contribution is 0.0766. The van der Waals surface area contributed by atoms with Crippen molar-refractivity contribution in [3.63, 3.8) is 0 Å². The summed E-state index contributed by atoms with van der Waals surface area (Å²) in [5, 5.41) is 5.73. The second-order valence-corrected chi connectivity index (χ2v) is 9.41. The Kier molecular flexibility index (Phi) is 5.43. The van der Waals surface area contributed by atoms with Crippen molar-refractivity contribution < 1.29 is 4.79 Å². The summed E-state index contributed by atoms with van der Waals surface area (Å²) in [6.07, 6.45) is 0.927. The maximum absolute atomic E-state index is 13.1. The monoisotopic (exact) mass is 445 g/mol. The first-order valence-electron chi connectivity index (χ1n) is 11.0. The van der Waals surface area contributed by atoms with E-state index in [1.54, 1.807) is 11.3 Å². The van der Waals surface area contributed by atoms with Crippen molar-refractivity contribution in [1.82, 2.24) is 19.7 Å². The normalized spacial score (nSPS) is 14.7. The Labute approximate surface area is 192 Å². The van der Waals surface area contributed by atoms with E-state index >= 15 is 0 Å². The number of nitrogens with zero attached hydrogens (tertiary/aromatic N) is 5. The average Bonchev–Trinajstić information content (AvgIpc) is 3.25. The summed E-state index contributed by atoms with van der Waals surface area (Å²) >= 11 is 1.69. The van der Waals surface area contributed by atoms with Gasteiger partial charge in [-0.1, -0.05) is 47.2 Å². The molecule has 164 valence electrons. The third-order valence-electron chi connectivity index (χ3n) is 6.08. The Balaban J connectivity index is 1.38. The lowest BCUT2D eigenvalue weighted by atomic mass is 10.1. The number of anilines is 1. The van der Waals surface area contributed by atoms with Crippen molar-refractivity contribution >= 4 is 32.7 Å². The fourth-order valence-corrected chi connectivity index (χ4v) is 5.26. The highest BCUT2D eigenvalue weighted by molar-refractivity contribution is 7.22. The number of hydrogen-bond donors (Lipinski definition) is 0. The summed E-state index contributed by atoms with van der Waals surface area (Å²) in [4.78, 5) is 22.3. The maximum Gasteiger partial charge on any atom is 0.254 e.